The molecule has 76 valence electrons. The predicted octanol–water partition coefficient (Wildman–Crippen LogP) is 1.10. The Hall–Kier alpha value is -1.52. The number of carboxylic acids is 1. The van der Waals surface area contributed by atoms with Gasteiger partial charge in [-0.3, -0.25) is 5.10 Å². The molecule has 14 heavy (non-hydrogen) atoms. The third kappa shape index (κ3) is 1.57. The molecule has 5 heteroatoms. The average Bonchev–Trinajstić information content (AvgIpc) is 2.67. The molecule has 0 saturated carbocycles. The minimum atomic E-state index is -0.917. The lowest BCUT2D eigenvalue weighted by Crippen LogP contribution is -2.30. The highest BCUT2D eigenvalue weighted by Crippen LogP contribution is 2.20. The van der Waals surface area contributed by atoms with Crippen molar-refractivity contribution in [2.24, 2.45) is 0 Å². The Morgan fingerprint density at radius 3 is 2.79 bits per heavy atom. The van der Waals surface area contributed by atoms with Gasteiger partial charge in [0.2, 0.25) is 0 Å². The highest BCUT2D eigenvalue weighted by atomic mass is 16.4. The van der Waals surface area contributed by atoms with Gasteiger partial charge >= 0.3 is 5.97 Å². The SMILES string of the molecule is O=C(O)c1cn[nH]c1N1CCCCC1. The van der Waals surface area contributed by atoms with Crippen LogP contribution in [0.1, 0.15) is 29.6 Å². The normalized spacial score (nSPS) is 17.0. The number of aromatic nitrogens is 2. The Labute approximate surface area is 81.7 Å². The summed E-state index contributed by atoms with van der Waals surface area (Å²) in [5, 5.41) is 15.4. The Kier molecular flexibility index (Phi) is 2.39. The van der Waals surface area contributed by atoms with Gasteiger partial charge in [-0.15, -0.1) is 0 Å². The zero-order chi connectivity index (χ0) is 9.97. The van der Waals surface area contributed by atoms with Crippen LogP contribution in [0.4, 0.5) is 5.82 Å². The first-order valence-corrected chi connectivity index (χ1v) is 4.80. The van der Waals surface area contributed by atoms with Crippen LogP contribution in [0.3, 0.4) is 0 Å². The summed E-state index contributed by atoms with van der Waals surface area (Å²) in [6.07, 6.45) is 4.84. The van der Waals surface area contributed by atoms with Gasteiger partial charge in [0.15, 0.2) is 0 Å². The lowest BCUT2D eigenvalue weighted by molar-refractivity contribution is 0.0697. The summed E-state index contributed by atoms with van der Waals surface area (Å²) < 4.78 is 0. The standard InChI is InChI=1S/C9H13N3O2/c13-9(14)7-6-10-11-8(7)12-4-2-1-3-5-12/h6H,1-5H2,(H,10,11)(H,13,14). The van der Waals surface area contributed by atoms with Crippen LogP contribution in [-0.2, 0) is 0 Å². The molecule has 0 unspecified atom stereocenters. The Morgan fingerprint density at radius 2 is 2.14 bits per heavy atom. The van der Waals surface area contributed by atoms with Gasteiger partial charge in [-0.1, -0.05) is 0 Å². The van der Waals surface area contributed by atoms with Crippen LogP contribution in [-0.4, -0.2) is 34.4 Å². The van der Waals surface area contributed by atoms with Crippen molar-refractivity contribution in [1.29, 1.82) is 0 Å². The number of hydrogen-bond donors (Lipinski definition) is 2. The van der Waals surface area contributed by atoms with E-state index in [1.54, 1.807) is 0 Å². The first-order valence-electron chi connectivity index (χ1n) is 4.80. The molecule has 0 amide bonds. The van der Waals surface area contributed by atoms with Gasteiger partial charge in [-0.2, -0.15) is 5.10 Å². The van der Waals surface area contributed by atoms with E-state index in [-0.39, 0.29) is 5.56 Å². The summed E-state index contributed by atoms with van der Waals surface area (Å²) in [6.45, 7) is 1.84. The van der Waals surface area contributed by atoms with Crippen LogP contribution >= 0.6 is 0 Å². The lowest BCUT2D eigenvalue weighted by atomic mass is 10.1. The van der Waals surface area contributed by atoms with E-state index in [0.29, 0.717) is 5.82 Å². The average molecular weight is 195 g/mol. The number of H-pyrrole nitrogens is 1. The summed E-state index contributed by atoms with van der Waals surface area (Å²) in [4.78, 5) is 12.9. The molecular formula is C9H13N3O2. The zero-order valence-corrected chi connectivity index (χ0v) is 7.86. The highest BCUT2D eigenvalue weighted by molar-refractivity contribution is 5.93. The van der Waals surface area contributed by atoms with E-state index in [0.717, 1.165) is 25.9 Å². The molecule has 0 aromatic carbocycles. The van der Waals surface area contributed by atoms with Crippen LogP contribution in [0.2, 0.25) is 0 Å². The molecule has 2 heterocycles. The number of aromatic carboxylic acids is 1. The fraction of sp³-hybridized carbons (Fsp3) is 0.556. The second kappa shape index (κ2) is 3.69. The quantitative estimate of drug-likeness (QED) is 0.741. The molecule has 2 N–H and O–H groups in total. The van der Waals surface area contributed by atoms with E-state index < -0.39 is 5.97 Å². The number of piperidine rings is 1. The van der Waals surface area contributed by atoms with E-state index in [2.05, 4.69) is 15.1 Å². The summed E-state index contributed by atoms with van der Waals surface area (Å²) in [7, 11) is 0. The van der Waals surface area contributed by atoms with E-state index in [4.69, 9.17) is 5.11 Å². The maximum absolute atomic E-state index is 10.8. The molecule has 0 spiro atoms. The van der Waals surface area contributed by atoms with Crippen molar-refractivity contribution in [3.05, 3.63) is 11.8 Å². The van der Waals surface area contributed by atoms with Crippen molar-refractivity contribution in [2.45, 2.75) is 19.3 Å². The molecule has 1 aromatic rings. The molecular weight excluding hydrogens is 182 g/mol. The van der Waals surface area contributed by atoms with Gasteiger partial charge in [0.05, 0.1) is 6.20 Å². The number of aromatic amines is 1. The number of nitrogens with zero attached hydrogens (tertiary/aromatic N) is 2. The number of anilines is 1. The van der Waals surface area contributed by atoms with Crippen LogP contribution in [0.15, 0.2) is 6.20 Å². The maximum Gasteiger partial charge on any atom is 0.341 e. The molecule has 1 aromatic heterocycles. The minimum Gasteiger partial charge on any atom is -0.477 e. The summed E-state index contributed by atoms with van der Waals surface area (Å²) >= 11 is 0. The highest BCUT2D eigenvalue weighted by Gasteiger charge is 2.19. The van der Waals surface area contributed by atoms with Crippen molar-refractivity contribution in [3.8, 4) is 0 Å². The maximum atomic E-state index is 10.8. The van der Waals surface area contributed by atoms with Crippen molar-refractivity contribution < 1.29 is 9.90 Å². The minimum absolute atomic E-state index is 0.270. The van der Waals surface area contributed by atoms with E-state index >= 15 is 0 Å². The summed E-state index contributed by atoms with van der Waals surface area (Å²) in [5.41, 5.74) is 0.270. The molecule has 5 nitrogen and oxygen atoms in total. The smallest absolute Gasteiger partial charge is 0.341 e. The molecule has 1 saturated heterocycles. The van der Waals surface area contributed by atoms with Gasteiger partial charge < -0.3 is 10.0 Å². The molecule has 0 aliphatic carbocycles. The number of hydrogen-bond acceptors (Lipinski definition) is 3. The van der Waals surface area contributed by atoms with Crippen molar-refractivity contribution >= 4 is 11.8 Å². The Balaban J connectivity index is 2.21. The monoisotopic (exact) mass is 195 g/mol. The third-order valence-electron chi connectivity index (χ3n) is 2.52. The van der Waals surface area contributed by atoms with E-state index in [1.165, 1.54) is 12.6 Å². The molecule has 2 rings (SSSR count). The van der Waals surface area contributed by atoms with Gasteiger partial charge in [0.25, 0.3) is 0 Å². The second-order valence-corrected chi connectivity index (χ2v) is 3.49. The largest absolute Gasteiger partial charge is 0.477 e. The van der Waals surface area contributed by atoms with Gasteiger partial charge in [-0.25, -0.2) is 4.79 Å². The van der Waals surface area contributed by atoms with Crippen molar-refractivity contribution in [2.75, 3.05) is 18.0 Å². The van der Waals surface area contributed by atoms with Gasteiger partial charge in [0, 0.05) is 13.1 Å². The number of carbonyl (C=O) groups is 1. The van der Waals surface area contributed by atoms with Crippen molar-refractivity contribution in [1.82, 2.24) is 10.2 Å². The van der Waals surface area contributed by atoms with E-state index in [1.807, 2.05) is 0 Å². The number of nitrogens with one attached hydrogen (secondary N) is 1. The lowest BCUT2D eigenvalue weighted by Gasteiger charge is -2.27. The van der Waals surface area contributed by atoms with Crippen LogP contribution in [0.5, 0.6) is 0 Å². The predicted molar refractivity (Wildman–Crippen MR) is 51.6 cm³/mol. The van der Waals surface area contributed by atoms with E-state index in [9.17, 15) is 4.79 Å². The molecule has 0 bridgehead atoms. The summed E-state index contributed by atoms with van der Waals surface area (Å²) in [5.74, 6) is -0.267. The fourth-order valence-electron chi connectivity index (χ4n) is 1.79. The van der Waals surface area contributed by atoms with Crippen LogP contribution < -0.4 is 4.90 Å². The zero-order valence-electron chi connectivity index (χ0n) is 7.86. The topological polar surface area (TPSA) is 69.2 Å². The first-order chi connectivity index (χ1) is 6.79. The number of rotatable bonds is 2. The molecule has 0 atom stereocenters. The second-order valence-electron chi connectivity index (χ2n) is 3.49. The molecule has 1 aliphatic rings. The number of carboxylic acid groups (broad SMARTS) is 1. The van der Waals surface area contributed by atoms with Crippen LogP contribution in [0, 0.1) is 0 Å². The van der Waals surface area contributed by atoms with Crippen LogP contribution in [0.25, 0.3) is 0 Å². The third-order valence-corrected chi connectivity index (χ3v) is 2.52. The Morgan fingerprint density at radius 1 is 1.43 bits per heavy atom. The molecule has 1 fully saturated rings. The van der Waals surface area contributed by atoms with Gasteiger partial charge in [0.1, 0.15) is 11.4 Å². The Bertz CT molecular complexity index is 329. The molecule has 1 aliphatic heterocycles. The van der Waals surface area contributed by atoms with Crippen molar-refractivity contribution in [3.63, 3.8) is 0 Å². The summed E-state index contributed by atoms with van der Waals surface area (Å²) in [6, 6.07) is 0. The first kappa shape index (κ1) is 9.05. The van der Waals surface area contributed by atoms with Gasteiger partial charge in [-0.05, 0) is 19.3 Å². The fourth-order valence-corrected chi connectivity index (χ4v) is 1.79. The molecule has 0 radical (unpaired) electrons.